The summed E-state index contributed by atoms with van der Waals surface area (Å²) in [7, 11) is 8.00. The molecular formula is C79H99ClN22O18S. The van der Waals surface area contributed by atoms with Gasteiger partial charge in [0.2, 0.25) is 41.2 Å². The zero-order valence-corrected chi connectivity index (χ0v) is 69.9. The number of anilines is 5. The van der Waals surface area contributed by atoms with Crippen LogP contribution in [0.3, 0.4) is 0 Å². The van der Waals surface area contributed by atoms with Gasteiger partial charge >= 0.3 is 0 Å². The summed E-state index contributed by atoms with van der Waals surface area (Å²) in [5, 5.41) is 37.3. The molecule has 9 aromatic rings. The van der Waals surface area contributed by atoms with Crippen molar-refractivity contribution in [3.8, 4) is 10.8 Å². The average molecular weight is 1710 g/mol. The lowest BCUT2D eigenvalue weighted by Crippen LogP contribution is -2.37. The molecule has 0 spiro atoms. The van der Waals surface area contributed by atoms with Crippen LogP contribution in [0.4, 0.5) is 28.7 Å². The number of halogens is 1. The second-order valence-electron chi connectivity index (χ2n) is 27.4. The third kappa shape index (κ3) is 27.3. The zero-order chi connectivity index (χ0) is 86.3. The molecule has 646 valence electrons. The first kappa shape index (κ1) is 91.0. The van der Waals surface area contributed by atoms with Crippen molar-refractivity contribution in [3.05, 3.63) is 165 Å². The molecule has 10 N–H and O–H groups in total. The van der Waals surface area contributed by atoms with Crippen LogP contribution < -0.4 is 57.9 Å². The number of nitrogens with one attached hydrogen (secondary N) is 10. The Balaban J connectivity index is 0.471. The number of aromatic nitrogens is 11. The topological polar surface area (TPSA) is 471 Å². The van der Waals surface area contributed by atoms with Crippen LogP contribution in [0, 0.1) is 20.8 Å². The van der Waals surface area contributed by atoms with Crippen molar-refractivity contribution in [3.63, 3.8) is 0 Å². The van der Waals surface area contributed by atoms with E-state index in [0.29, 0.717) is 113 Å². The highest BCUT2D eigenvalue weighted by Crippen LogP contribution is 2.40. The van der Waals surface area contributed by atoms with Gasteiger partial charge in [0.25, 0.3) is 29.5 Å². The molecule has 42 heteroatoms. The van der Waals surface area contributed by atoms with Crippen molar-refractivity contribution >= 4 is 116 Å². The molecule has 8 heterocycles. The minimum absolute atomic E-state index is 0.0315. The van der Waals surface area contributed by atoms with Gasteiger partial charge < -0.3 is 114 Å². The Morgan fingerprint density at radius 2 is 0.934 bits per heavy atom. The lowest BCUT2D eigenvalue weighted by atomic mass is 9.99. The standard InChI is InChI=1S/C79H99ClN22O18S/c1-49-50(2)121-79-68(49)69(52-9-11-53(80)12-10-52)90-58(70-96-95-51(3)102(70)79)43-66(106)87-54-13-15-57(16-14-54)120-40-39-118-36-35-116-32-31-114-28-27-113-29-30-115-33-34-117-37-38-119-48-67(107)82-24-23-81-63(103)17-20-86-76(110)72-93-61(46-100(72)7)91-64(104)18-21-85-75(109)60-42-56(45-99(60)6)89-78(112)73-94-62(47-101(73)8)92-65(105)19-22-84-74(108)59-41-55(44-98(59)5)88-77(111)71-83-25-26-97(71)4/h9-16,25-26,41-42,44-47,58H,17-24,27-40,43,48H2,1-8H3,(H,81,103)(H,82,107)(H,84,108)(H,85,109)(H,86,110)(H,87,106)(H,88,111)(H,89,112)(H,91,104)(H,92,105). The van der Waals surface area contributed by atoms with Gasteiger partial charge in [-0.25, -0.2) is 15.0 Å². The maximum absolute atomic E-state index is 13.6. The molecule has 0 bridgehead atoms. The molecule has 1 aliphatic heterocycles. The second-order valence-corrected chi connectivity index (χ2v) is 29.1. The Hall–Kier alpha value is -12.4. The van der Waals surface area contributed by atoms with Crippen molar-refractivity contribution < 1.29 is 85.8 Å². The zero-order valence-electron chi connectivity index (χ0n) is 68.3. The summed E-state index contributed by atoms with van der Waals surface area (Å²) in [5.41, 5.74) is 5.42. The van der Waals surface area contributed by atoms with E-state index in [4.69, 9.17) is 54.5 Å². The maximum Gasteiger partial charge on any atom is 0.291 e. The lowest BCUT2D eigenvalue weighted by Gasteiger charge is -2.13. The molecule has 1 aliphatic rings. The van der Waals surface area contributed by atoms with Gasteiger partial charge in [-0.05, 0) is 74.9 Å². The predicted molar refractivity (Wildman–Crippen MR) is 445 cm³/mol. The molecular weight excluding hydrogens is 1610 g/mol. The minimum Gasteiger partial charge on any atom is -0.491 e. The summed E-state index contributed by atoms with van der Waals surface area (Å²) < 4.78 is 54.0. The number of ether oxygens (including phenoxy) is 8. The number of hydrogen-bond donors (Lipinski definition) is 10. The highest BCUT2D eigenvalue weighted by molar-refractivity contribution is 7.15. The van der Waals surface area contributed by atoms with Gasteiger partial charge in [-0.2, -0.15) is 0 Å². The lowest BCUT2D eigenvalue weighted by molar-refractivity contribution is -0.126. The normalized spacial score (nSPS) is 12.2. The fraction of sp³-hybridized carbons (Fsp3) is 0.418. The summed E-state index contributed by atoms with van der Waals surface area (Å²) in [6, 6.07) is 17.0. The van der Waals surface area contributed by atoms with Crippen LogP contribution in [-0.4, -0.2) is 249 Å². The van der Waals surface area contributed by atoms with Crippen molar-refractivity contribution in [1.29, 1.82) is 0 Å². The molecule has 2 aromatic carbocycles. The summed E-state index contributed by atoms with van der Waals surface area (Å²) >= 11 is 7.91. The number of nitrogens with zero attached hydrogens (tertiary/aromatic N) is 12. The third-order valence-corrected chi connectivity index (χ3v) is 19.7. The van der Waals surface area contributed by atoms with E-state index < -0.39 is 47.4 Å². The number of carbonyl (C=O) groups is 10. The first-order valence-corrected chi connectivity index (χ1v) is 40.0. The number of imidazole rings is 3. The number of amides is 10. The van der Waals surface area contributed by atoms with Crippen LogP contribution in [-0.2, 0) is 92.4 Å². The number of benzene rings is 2. The Morgan fingerprint density at radius 1 is 0.455 bits per heavy atom. The van der Waals surface area contributed by atoms with E-state index in [1.54, 1.807) is 87.8 Å². The Kier molecular flexibility index (Phi) is 34.4. The fourth-order valence-corrected chi connectivity index (χ4v) is 13.4. The number of fused-ring (bicyclic) bond motifs is 3. The summed E-state index contributed by atoms with van der Waals surface area (Å²) in [6.07, 6.45) is 8.74. The molecule has 121 heavy (non-hydrogen) atoms. The van der Waals surface area contributed by atoms with E-state index in [2.05, 4.69) is 92.2 Å². The summed E-state index contributed by atoms with van der Waals surface area (Å²) in [6.45, 7) is 10.9. The summed E-state index contributed by atoms with van der Waals surface area (Å²) in [5.74, 6) is -2.53. The monoisotopic (exact) mass is 1710 g/mol. The van der Waals surface area contributed by atoms with Gasteiger partial charge in [0, 0.05) is 151 Å². The SMILES string of the molecule is Cc1sc2c(c1C)C(c1ccc(Cl)cc1)=NC(CC(=O)Nc1ccc(OCCOCCOCCOCCOCCOCCOCCOCC(=O)NCCNC(=O)CCNC(=O)c3nc(NC(=O)CCNC(=O)c4cc(NC(=O)c5nc(NC(=O)CCNC(=O)c6cc(NC(=O)c7nccn7C)cn6C)cn5C)cn4C)cn3C)cc1)c1nnc(C)n1-2. The van der Waals surface area contributed by atoms with Gasteiger partial charge in [0.15, 0.2) is 23.3 Å². The number of carbonyl (C=O) groups excluding carboxylic acids is 10. The average Bonchev–Trinajstić information content (AvgIpc) is 1.59. The van der Waals surface area contributed by atoms with E-state index in [0.717, 1.165) is 32.3 Å². The second kappa shape index (κ2) is 45.7. The Bertz CT molecular complexity index is 5100. The molecule has 40 nitrogen and oxygen atoms in total. The molecule has 1 atom stereocenters. The van der Waals surface area contributed by atoms with Gasteiger partial charge in [0.1, 0.15) is 47.2 Å². The maximum atomic E-state index is 13.6. The van der Waals surface area contributed by atoms with Crippen molar-refractivity contribution in [2.45, 2.75) is 52.5 Å². The van der Waals surface area contributed by atoms with Crippen LogP contribution in [0.2, 0.25) is 5.02 Å². The smallest absolute Gasteiger partial charge is 0.291 e. The predicted octanol–water partition coefficient (Wildman–Crippen LogP) is 4.28. The van der Waals surface area contributed by atoms with Crippen LogP contribution in [0.5, 0.6) is 5.75 Å². The number of aryl methyl sites for hydroxylation is 7. The van der Waals surface area contributed by atoms with Crippen molar-refractivity contribution in [2.24, 2.45) is 40.2 Å². The molecule has 0 aliphatic carbocycles. The van der Waals surface area contributed by atoms with E-state index in [9.17, 15) is 47.9 Å². The summed E-state index contributed by atoms with van der Waals surface area (Å²) in [4.78, 5) is 148. The number of hydrogen-bond acceptors (Lipinski definition) is 25. The quantitative estimate of drug-likeness (QED) is 0.0238. The fourth-order valence-electron chi connectivity index (χ4n) is 12.1. The molecule has 0 saturated heterocycles. The molecule has 10 rings (SSSR count). The van der Waals surface area contributed by atoms with Crippen LogP contribution >= 0.6 is 22.9 Å². The molecule has 0 radical (unpaired) electrons. The molecule has 0 fully saturated rings. The van der Waals surface area contributed by atoms with Crippen LogP contribution in [0.1, 0.15) is 118 Å². The van der Waals surface area contributed by atoms with E-state index in [1.807, 2.05) is 35.8 Å². The first-order chi connectivity index (χ1) is 58.3. The minimum atomic E-state index is -0.647. The first-order valence-electron chi connectivity index (χ1n) is 38.8. The Labute approximate surface area is 704 Å². The van der Waals surface area contributed by atoms with Crippen LogP contribution in [0.15, 0.2) is 103 Å². The van der Waals surface area contributed by atoms with E-state index in [-0.39, 0.29) is 142 Å². The number of thiophene rings is 1. The van der Waals surface area contributed by atoms with Crippen molar-refractivity contribution in [2.75, 3.05) is 158 Å². The van der Waals surface area contributed by atoms with Gasteiger partial charge in [0.05, 0.1) is 109 Å². The van der Waals surface area contributed by atoms with Gasteiger partial charge in [-0.15, -0.1) is 21.5 Å². The highest BCUT2D eigenvalue weighted by Gasteiger charge is 2.33. The molecule has 7 aromatic heterocycles. The largest absolute Gasteiger partial charge is 0.491 e. The molecule has 10 amide bonds. The van der Waals surface area contributed by atoms with Gasteiger partial charge in [-0.3, -0.25) is 57.5 Å². The number of aliphatic imine (C=N–C) groups is 1. The van der Waals surface area contributed by atoms with E-state index in [1.165, 1.54) is 55.2 Å². The van der Waals surface area contributed by atoms with E-state index >= 15 is 0 Å². The Morgan fingerprint density at radius 3 is 1.45 bits per heavy atom. The molecule has 1 unspecified atom stereocenters. The highest BCUT2D eigenvalue weighted by atomic mass is 35.5. The number of rotatable bonds is 49. The molecule has 0 saturated carbocycles. The van der Waals surface area contributed by atoms with Crippen LogP contribution in [0.25, 0.3) is 5.00 Å². The van der Waals surface area contributed by atoms with Crippen molar-refractivity contribution in [1.82, 2.24) is 79.1 Å². The third-order valence-electron chi connectivity index (χ3n) is 18.2. The van der Waals surface area contributed by atoms with Gasteiger partial charge in [-0.1, -0.05) is 23.7 Å².